The number of amides is 1. The monoisotopic (exact) mass is 469 g/mol. The lowest BCUT2D eigenvalue weighted by Crippen LogP contribution is -2.48. The summed E-state index contributed by atoms with van der Waals surface area (Å²) in [6.45, 7) is 11.5. The fourth-order valence-corrected chi connectivity index (χ4v) is 6.18. The molecule has 2 aliphatic rings. The van der Waals surface area contributed by atoms with Gasteiger partial charge in [0, 0.05) is 37.6 Å². The summed E-state index contributed by atoms with van der Waals surface area (Å²) in [5.74, 6) is 0.231. The highest BCUT2D eigenvalue weighted by atomic mass is 32.1. The van der Waals surface area contributed by atoms with Gasteiger partial charge in [0.1, 0.15) is 5.00 Å². The first-order chi connectivity index (χ1) is 15.9. The molecule has 1 aliphatic heterocycles. The van der Waals surface area contributed by atoms with Crippen molar-refractivity contribution in [3.05, 3.63) is 51.4 Å². The number of carbonyl (C=O) groups excluding carboxylic acids is 2. The number of ether oxygens (including phenoxy) is 1. The summed E-state index contributed by atoms with van der Waals surface area (Å²) < 4.78 is 5.32. The van der Waals surface area contributed by atoms with Gasteiger partial charge in [-0.2, -0.15) is 0 Å². The van der Waals surface area contributed by atoms with E-state index in [-0.39, 0.29) is 11.9 Å². The smallest absolute Gasteiger partial charge is 0.341 e. The number of anilines is 1. The fraction of sp³-hybridized carbons (Fsp3) is 0.538. The zero-order chi connectivity index (χ0) is 23.4. The lowest BCUT2D eigenvalue weighted by molar-refractivity contribution is -0.117. The molecule has 1 fully saturated rings. The molecule has 1 aromatic heterocycles. The number of rotatable bonds is 7. The minimum absolute atomic E-state index is 0.0560. The number of nitrogens with one attached hydrogen (secondary N) is 1. The Kier molecular flexibility index (Phi) is 7.83. The molecule has 1 atom stereocenters. The highest BCUT2D eigenvalue weighted by Crippen LogP contribution is 2.40. The molecule has 0 saturated carbocycles. The first-order valence-electron chi connectivity index (χ1n) is 12.0. The van der Waals surface area contributed by atoms with Crippen molar-refractivity contribution in [1.82, 2.24) is 9.80 Å². The quantitative estimate of drug-likeness (QED) is 0.619. The summed E-state index contributed by atoms with van der Waals surface area (Å²) in [5, 5.41) is 3.71. The number of carbonyl (C=O) groups is 2. The Balaban J connectivity index is 1.35. The van der Waals surface area contributed by atoms with Crippen molar-refractivity contribution in [2.75, 3.05) is 44.6 Å². The van der Waals surface area contributed by atoms with Crippen molar-refractivity contribution in [2.24, 2.45) is 5.92 Å². The Hall–Kier alpha value is -2.22. The van der Waals surface area contributed by atoms with Gasteiger partial charge < -0.3 is 10.1 Å². The summed E-state index contributed by atoms with van der Waals surface area (Å²) in [4.78, 5) is 31.4. The van der Waals surface area contributed by atoms with E-state index in [0.717, 1.165) is 57.5 Å². The molecular weight excluding hydrogens is 434 g/mol. The maximum Gasteiger partial charge on any atom is 0.341 e. The molecule has 1 amide bonds. The van der Waals surface area contributed by atoms with Gasteiger partial charge in [-0.1, -0.05) is 31.2 Å². The van der Waals surface area contributed by atoms with Crippen LogP contribution >= 0.6 is 11.3 Å². The molecule has 1 saturated heterocycles. The number of nitrogens with zero attached hydrogens (tertiary/aromatic N) is 2. The van der Waals surface area contributed by atoms with Gasteiger partial charge in [-0.3, -0.25) is 14.6 Å². The number of aryl methyl sites for hydroxylation is 1. The van der Waals surface area contributed by atoms with Crippen LogP contribution in [-0.2, 0) is 28.9 Å². The number of hydrogen-bond acceptors (Lipinski definition) is 6. The van der Waals surface area contributed by atoms with Gasteiger partial charge in [0.05, 0.1) is 18.7 Å². The third kappa shape index (κ3) is 5.83. The first kappa shape index (κ1) is 23.9. The van der Waals surface area contributed by atoms with Gasteiger partial charge in [-0.25, -0.2) is 4.79 Å². The zero-order valence-electron chi connectivity index (χ0n) is 20.0. The van der Waals surface area contributed by atoms with Gasteiger partial charge in [-0.15, -0.1) is 11.3 Å². The average molecular weight is 470 g/mol. The molecule has 1 aromatic carbocycles. The van der Waals surface area contributed by atoms with Crippen molar-refractivity contribution >= 4 is 28.2 Å². The number of esters is 1. The molecule has 1 unspecified atom stereocenters. The molecular formula is C26H35N3O3S. The predicted octanol–water partition coefficient (Wildman–Crippen LogP) is 4.11. The third-order valence-corrected chi connectivity index (χ3v) is 7.90. The van der Waals surface area contributed by atoms with E-state index in [9.17, 15) is 9.59 Å². The van der Waals surface area contributed by atoms with Crippen LogP contribution in [0.2, 0.25) is 0 Å². The third-order valence-electron chi connectivity index (χ3n) is 6.73. The van der Waals surface area contributed by atoms with Crippen molar-refractivity contribution in [1.29, 1.82) is 0 Å². The van der Waals surface area contributed by atoms with E-state index < -0.39 is 0 Å². The van der Waals surface area contributed by atoms with Crippen LogP contribution in [0.4, 0.5) is 5.00 Å². The van der Waals surface area contributed by atoms with Crippen molar-refractivity contribution in [3.63, 3.8) is 0 Å². The minimum atomic E-state index is -0.315. The zero-order valence-corrected chi connectivity index (χ0v) is 20.8. The fourth-order valence-electron chi connectivity index (χ4n) is 4.76. The Morgan fingerprint density at radius 1 is 1.15 bits per heavy atom. The van der Waals surface area contributed by atoms with Gasteiger partial charge >= 0.3 is 5.97 Å². The Morgan fingerprint density at radius 3 is 2.61 bits per heavy atom. The summed E-state index contributed by atoms with van der Waals surface area (Å²) in [6, 6.07) is 8.52. The number of piperazine rings is 1. The van der Waals surface area contributed by atoms with Crippen molar-refractivity contribution in [3.8, 4) is 0 Å². The van der Waals surface area contributed by atoms with E-state index in [4.69, 9.17) is 4.74 Å². The second kappa shape index (κ2) is 10.8. The number of fused-ring (bicyclic) bond motifs is 1. The van der Waals surface area contributed by atoms with Gasteiger partial charge in [0.25, 0.3) is 0 Å². The van der Waals surface area contributed by atoms with E-state index in [1.807, 2.05) is 6.92 Å². The molecule has 0 radical (unpaired) electrons. The Labute approximate surface area is 200 Å². The highest BCUT2D eigenvalue weighted by Gasteiger charge is 2.29. The van der Waals surface area contributed by atoms with E-state index >= 15 is 0 Å². The molecule has 1 N–H and O–H groups in total. The molecule has 4 rings (SSSR count). The van der Waals surface area contributed by atoms with Gasteiger partial charge in [0.15, 0.2) is 0 Å². The molecule has 2 heterocycles. The molecule has 6 nitrogen and oxygen atoms in total. The van der Waals surface area contributed by atoms with Crippen LogP contribution in [0.25, 0.3) is 0 Å². The van der Waals surface area contributed by atoms with Crippen LogP contribution in [0.1, 0.15) is 52.2 Å². The van der Waals surface area contributed by atoms with Crippen LogP contribution in [0.5, 0.6) is 0 Å². The topological polar surface area (TPSA) is 61.9 Å². The molecule has 1 aliphatic carbocycles. The van der Waals surface area contributed by atoms with Crippen LogP contribution in [-0.4, -0.2) is 61.0 Å². The number of thiophene rings is 1. The van der Waals surface area contributed by atoms with Gasteiger partial charge in [0.2, 0.25) is 5.91 Å². The summed E-state index contributed by atoms with van der Waals surface area (Å²) >= 11 is 1.55. The van der Waals surface area contributed by atoms with E-state index in [2.05, 4.69) is 53.2 Å². The normalized spacial score (nSPS) is 19.2. The van der Waals surface area contributed by atoms with Crippen LogP contribution < -0.4 is 5.32 Å². The molecule has 0 bridgehead atoms. The van der Waals surface area contributed by atoms with Crippen LogP contribution in [0.3, 0.4) is 0 Å². The predicted molar refractivity (Wildman–Crippen MR) is 133 cm³/mol. The Morgan fingerprint density at radius 2 is 1.88 bits per heavy atom. The minimum Gasteiger partial charge on any atom is -0.462 e. The number of benzene rings is 1. The van der Waals surface area contributed by atoms with Crippen molar-refractivity contribution in [2.45, 2.75) is 46.6 Å². The highest BCUT2D eigenvalue weighted by molar-refractivity contribution is 7.17. The van der Waals surface area contributed by atoms with E-state index in [0.29, 0.717) is 29.6 Å². The average Bonchev–Trinajstić information content (AvgIpc) is 3.13. The van der Waals surface area contributed by atoms with Crippen molar-refractivity contribution < 1.29 is 14.3 Å². The maximum atomic E-state index is 12.9. The maximum absolute atomic E-state index is 12.9. The number of hydrogen-bond donors (Lipinski definition) is 1. The molecule has 178 valence electrons. The second-order valence-corrected chi connectivity index (χ2v) is 10.4. The lowest BCUT2D eigenvalue weighted by Gasteiger charge is -2.34. The summed E-state index contributed by atoms with van der Waals surface area (Å²) in [5.41, 5.74) is 4.35. The van der Waals surface area contributed by atoms with Crippen LogP contribution in [0, 0.1) is 12.8 Å². The summed E-state index contributed by atoms with van der Waals surface area (Å²) in [7, 11) is 0. The van der Waals surface area contributed by atoms with E-state index in [1.165, 1.54) is 16.0 Å². The molecule has 33 heavy (non-hydrogen) atoms. The largest absolute Gasteiger partial charge is 0.462 e. The standard InChI is InChI=1S/C26H35N3O3S/c1-4-32-26(31)24-21-10-9-18(2)15-22(21)33-25(24)27-23(30)17-29-13-11-28(12-14-29)16-20-8-6-5-7-19(20)3/h5-8,18H,4,9-17H2,1-3H3,(H,27,30). The Bertz CT molecular complexity index is 995. The molecule has 0 spiro atoms. The van der Waals surface area contributed by atoms with Crippen LogP contribution in [0.15, 0.2) is 24.3 Å². The lowest BCUT2D eigenvalue weighted by atomic mass is 9.88. The first-order valence-corrected chi connectivity index (χ1v) is 12.9. The van der Waals surface area contributed by atoms with Gasteiger partial charge in [-0.05, 0) is 55.7 Å². The molecule has 7 heteroatoms. The molecule has 2 aromatic rings. The SMILES string of the molecule is CCOC(=O)c1c(NC(=O)CN2CCN(Cc3ccccc3C)CC2)sc2c1CCC(C)C2. The van der Waals surface area contributed by atoms with E-state index in [1.54, 1.807) is 11.3 Å². The summed E-state index contributed by atoms with van der Waals surface area (Å²) in [6.07, 6.45) is 2.90. The second-order valence-electron chi connectivity index (χ2n) is 9.30.